The van der Waals surface area contributed by atoms with Crippen LogP contribution in [0.4, 0.5) is 5.95 Å². The molecular formula is C19H24ClN5O5. The fraction of sp³-hybridized carbons (Fsp3) is 0.421. The number of nitrogens with one attached hydrogen (secondary N) is 1. The Morgan fingerprint density at radius 2 is 1.83 bits per heavy atom. The summed E-state index contributed by atoms with van der Waals surface area (Å²) in [5.74, 6) is 0.800. The van der Waals surface area contributed by atoms with Crippen molar-refractivity contribution in [3.05, 3.63) is 50.1 Å². The van der Waals surface area contributed by atoms with Gasteiger partial charge in [-0.3, -0.25) is 13.9 Å². The Kier molecular flexibility index (Phi) is 6.49. The third kappa shape index (κ3) is 4.50. The molecule has 0 saturated heterocycles. The average Bonchev–Trinajstić information content (AvgIpc) is 3.07. The second-order valence-electron chi connectivity index (χ2n) is 7.07. The summed E-state index contributed by atoms with van der Waals surface area (Å²) in [4.78, 5) is 29.3. The zero-order chi connectivity index (χ0) is 22.0. The molecule has 0 unspecified atom stereocenters. The number of anilines is 1. The highest BCUT2D eigenvalue weighted by Gasteiger charge is 2.21. The predicted molar refractivity (Wildman–Crippen MR) is 113 cm³/mol. The third-order valence-electron chi connectivity index (χ3n) is 4.55. The lowest BCUT2D eigenvalue weighted by molar-refractivity contribution is 0.0938. The van der Waals surface area contributed by atoms with Gasteiger partial charge >= 0.3 is 5.69 Å². The van der Waals surface area contributed by atoms with E-state index in [0.717, 1.165) is 4.57 Å². The number of nitrogens with zero attached hydrogens (tertiary/aromatic N) is 4. The molecule has 0 aliphatic carbocycles. The summed E-state index contributed by atoms with van der Waals surface area (Å²) in [5.41, 5.74) is -0.692. The fourth-order valence-electron chi connectivity index (χ4n) is 2.98. The van der Waals surface area contributed by atoms with Gasteiger partial charge in [0.05, 0.1) is 12.6 Å². The molecule has 3 N–H and O–H groups in total. The number of aliphatic hydroxyl groups excluding tert-OH is 2. The quantitative estimate of drug-likeness (QED) is 0.463. The first kappa shape index (κ1) is 21.9. The molecule has 0 spiro atoms. The molecule has 11 heteroatoms. The van der Waals surface area contributed by atoms with Gasteiger partial charge in [-0.05, 0) is 31.2 Å². The SMILES string of the molecule is C[C@@H](O)CNc1nc2c(c(=O)n(C)c(=O)n2C)n1C[C@@H](O)COc1ccc(Cl)cc1. The van der Waals surface area contributed by atoms with Crippen molar-refractivity contribution in [3.63, 3.8) is 0 Å². The Morgan fingerprint density at radius 1 is 1.17 bits per heavy atom. The Morgan fingerprint density at radius 3 is 2.47 bits per heavy atom. The number of rotatable bonds is 8. The van der Waals surface area contributed by atoms with Gasteiger partial charge in [0.15, 0.2) is 11.2 Å². The maximum atomic E-state index is 12.8. The van der Waals surface area contributed by atoms with Crippen LogP contribution in [0.25, 0.3) is 11.2 Å². The van der Waals surface area contributed by atoms with E-state index in [1.165, 1.54) is 23.2 Å². The average molecular weight is 438 g/mol. The van der Waals surface area contributed by atoms with Crippen LogP contribution in [-0.4, -0.2) is 54.3 Å². The van der Waals surface area contributed by atoms with Crippen LogP contribution in [0, 0.1) is 0 Å². The molecular weight excluding hydrogens is 414 g/mol. The molecule has 0 aliphatic heterocycles. The minimum atomic E-state index is -0.980. The number of aryl methyl sites for hydroxylation is 1. The second kappa shape index (κ2) is 8.90. The minimum absolute atomic E-state index is 0.0142. The summed E-state index contributed by atoms with van der Waals surface area (Å²) < 4.78 is 9.32. The first-order valence-electron chi connectivity index (χ1n) is 9.33. The van der Waals surface area contributed by atoms with Gasteiger partial charge in [-0.2, -0.15) is 4.98 Å². The molecule has 162 valence electrons. The van der Waals surface area contributed by atoms with E-state index in [0.29, 0.717) is 10.8 Å². The number of halogens is 1. The van der Waals surface area contributed by atoms with Crippen LogP contribution in [0.5, 0.6) is 5.75 Å². The van der Waals surface area contributed by atoms with Crippen LogP contribution in [-0.2, 0) is 20.6 Å². The predicted octanol–water partition coefficient (Wildman–Crippen LogP) is 0.320. The lowest BCUT2D eigenvalue weighted by Gasteiger charge is -2.16. The molecule has 0 amide bonds. The van der Waals surface area contributed by atoms with Crippen molar-refractivity contribution in [1.29, 1.82) is 0 Å². The number of hydrogen-bond acceptors (Lipinski definition) is 7. The summed E-state index contributed by atoms with van der Waals surface area (Å²) in [6.07, 6.45) is -1.64. The highest BCUT2D eigenvalue weighted by Crippen LogP contribution is 2.18. The Hall–Kier alpha value is -2.82. The molecule has 1 aromatic carbocycles. The molecule has 0 saturated carbocycles. The molecule has 3 rings (SSSR count). The van der Waals surface area contributed by atoms with Crippen LogP contribution in [0.1, 0.15) is 6.92 Å². The Labute approximate surface area is 176 Å². The number of aromatic nitrogens is 4. The molecule has 30 heavy (non-hydrogen) atoms. The Balaban J connectivity index is 1.93. The Bertz CT molecular complexity index is 1150. The molecule has 0 radical (unpaired) electrons. The lowest BCUT2D eigenvalue weighted by atomic mass is 10.3. The van der Waals surface area contributed by atoms with E-state index in [2.05, 4.69) is 10.3 Å². The number of fused-ring (bicyclic) bond motifs is 1. The van der Waals surface area contributed by atoms with Crippen molar-refractivity contribution in [1.82, 2.24) is 18.7 Å². The third-order valence-corrected chi connectivity index (χ3v) is 4.80. The van der Waals surface area contributed by atoms with Gasteiger partial charge in [-0.25, -0.2) is 4.79 Å². The van der Waals surface area contributed by atoms with Gasteiger partial charge < -0.3 is 24.8 Å². The van der Waals surface area contributed by atoms with Crippen molar-refractivity contribution in [3.8, 4) is 5.75 Å². The van der Waals surface area contributed by atoms with Crippen LogP contribution in [0.3, 0.4) is 0 Å². The summed E-state index contributed by atoms with van der Waals surface area (Å²) in [6, 6.07) is 6.72. The van der Waals surface area contributed by atoms with E-state index in [9.17, 15) is 19.8 Å². The van der Waals surface area contributed by atoms with E-state index in [1.807, 2.05) is 0 Å². The highest BCUT2D eigenvalue weighted by molar-refractivity contribution is 6.30. The number of aliphatic hydroxyl groups is 2. The molecule has 3 aromatic rings. The summed E-state index contributed by atoms with van der Waals surface area (Å²) >= 11 is 5.85. The normalized spacial score (nSPS) is 13.4. The number of hydrogen-bond donors (Lipinski definition) is 3. The molecule has 2 atom stereocenters. The lowest BCUT2D eigenvalue weighted by Crippen LogP contribution is -2.38. The van der Waals surface area contributed by atoms with Crippen molar-refractivity contribution in [2.45, 2.75) is 25.7 Å². The zero-order valence-electron chi connectivity index (χ0n) is 16.9. The van der Waals surface area contributed by atoms with E-state index >= 15 is 0 Å². The van der Waals surface area contributed by atoms with Crippen LogP contribution < -0.4 is 21.3 Å². The fourth-order valence-corrected chi connectivity index (χ4v) is 3.11. The standard InChI is InChI=1S/C19H24ClN5O5/c1-11(26)8-21-18-22-16-15(17(28)24(3)19(29)23(16)2)25(18)9-13(27)10-30-14-6-4-12(20)5-7-14/h4-7,11,13,26-27H,8-10H2,1-3H3,(H,21,22)/t11-,13-/m1/s1. The highest BCUT2D eigenvalue weighted by atomic mass is 35.5. The maximum Gasteiger partial charge on any atom is 0.332 e. The molecule has 0 bridgehead atoms. The van der Waals surface area contributed by atoms with Gasteiger partial charge in [0.2, 0.25) is 5.95 Å². The number of imidazole rings is 1. The molecule has 2 aromatic heterocycles. The zero-order valence-corrected chi connectivity index (χ0v) is 17.6. The summed E-state index contributed by atoms with van der Waals surface area (Å²) in [6.45, 7) is 1.72. The van der Waals surface area contributed by atoms with E-state index < -0.39 is 23.5 Å². The van der Waals surface area contributed by atoms with Gasteiger partial charge in [0, 0.05) is 25.7 Å². The molecule has 0 fully saturated rings. The van der Waals surface area contributed by atoms with Crippen molar-refractivity contribution in [2.24, 2.45) is 14.1 Å². The smallest absolute Gasteiger partial charge is 0.332 e. The second-order valence-corrected chi connectivity index (χ2v) is 7.51. The van der Waals surface area contributed by atoms with E-state index in [1.54, 1.807) is 31.2 Å². The van der Waals surface area contributed by atoms with Crippen molar-refractivity contribution < 1.29 is 14.9 Å². The van der Waals surface area contributed by atoms with Crippen LogP contribution >= 0.6 is 11.6 Å². The van der Waals surface area contributed by atoms with Gasteiger partial charge in [0.25, 0.3) is 5.56 Å². The molecule has 2 heterocycles. The van der Waals surface area contributed by atoms with Crippen molar-refractivity contribution in [2.75, 3.05) is 18.5 Å². The van der Waals surface area contributed by atoms with Crippen molar-refractivity contribution >= 4 is 28.7 Å². The maximum absolute atomic E-state index is 12.8. The summed E-state index contributed by atoms with van der Waals surface area (Å²) in [5, 5.41) is 23.6. The topological polar surface area (TPSA) is 124 Å². The van der Waals surface area contributed by atoms with E-state index in [4.69, 9.17) is 16.3 Å². The summed E-state index contributed by atoms with van der Waals surface area (Å²) in [7, 11) is 2.89. The molecule has 10 nitrogen and oxygen atoms in total. The monoisotopic (exact) mass is 437 g/mol. The number of benzene rings is 1. The van der Waals surface area contributed by atoms with Crippen LogP contribution in [0.2, 0.25) is 5.02 Å². The largest absolute Gasteiger partial charge is 0.491 e. The van der Waals surface area contributed by atoms with E-state index in [-0.39, 0.29) is 36.8 Å². The van der Waals surface area contributed by atoms with Gasteiger partial charge in [0.1, 0.15) is 18.5 Å². The molecule has 0 aliphatic rings. The first-order chi connectivity index (χ1) is 14.2. The minimum Gasteiger partial charge on any atom is -0.491 e. The van der Waals surface area contributed by atoms with Gasteiger partial charge in [-0.15, -0.1) is 0 Å². The van der Waals surface area contributed by atoms with Gasteiger partial charge in [-0.1, -0.05) is 11.6 Å². The van der Waals surface area contributed by atoms with Crippen LogP contribution in [0.15, 0.2) is 33.9 Å². The first-order valence-corrected chi connectivity index (χ1v) is 9.71. The number of ether oxygens (including phenoxy) is 1.